The summed E-state index contributed by atoms with van der Waals surface area (Å²) in [5.41, 5.74) is 0.319. The molecule has 1 aromatic rings. The molecule has 0 fully saturated rings. The number of ether oxygens (including phenoxy) is 1. The van der Waals surface area contributed by atoms with Crippen LogP contribution >= 0.6 is 11.6 Å². The van der Waals surface area contributed by atoms with Gasteiger partial charge in [-0.15, -0.1) is 11.6 Å². The summed E-state index contributed by atoms with van der Waals surface area (Å²) in [7, 11) is 1.25. The van der Waals surface area contributed by atoms with Crippen molar-refractivity contribution in [3.8, 4) is 5.75 Å². The number of anilines is 1. The van der Waals surface area contributed by atoms with Gasteiger partial charge in [0.1, 0.15) is 0 Å². The first-order chi connectivity index (χ1) is 7.58. The Morgan fingerprint density at radius 1 is 1.50 bits per heavy atom. The highest BCUT2D eigenvalue weighted by Crippen LogP contribution is 2.24. The number of aliphatic hydroxyl groups is 1. The van der Waals surface area contributed by atoms with Gasteiger partial charge in [0.15, 0.2) is 11.6 Å². The zero-order valence-electron chi connectivity index (χ0n) is 8.64. The number of hydrogen-bond acceptors (Lipinski definition) is 3. The third-order valence-corrected chi connectivity index (χ3v) is 2.29. The highest BCUT2D eigenvalue weighted by atomic mass is 35.5. The molecule has 1 atom stereocenters. The summed E-state index contributed by atoms with van der Waals surface area (Å²) in [5.74, 6) is -2.18. The van der Waals surface area contributed by atoms with Gasteiger partial charge in [-0.05, 0) is 0 Å². The van der Waals surface area contributed by atoms with Crippen LogP contribution in [0.3, 0.4) is 0 Å². The fourth-order valence-electron chi connectivity index (χ4n) is 1.10. The number of halogens is 3. The average molecular weight is 252 g/mol. The SMILES string of the molecule is COc1cc(NCC(O)CCl)cc(F)c1F. The van der Waals surface area contributed by atoms with E-state index in [1.54, 1.807) is 0 Å². The van der Waals surface area contributed by atoms with Crippen molar-refractivity contribution in [2.45, 2.75) is 6.10 Å². The molecule has 0 saturated heterocycles. The molecule has 0 heterocycles. The Labute approximate surface area is 97.0 Å². The van der Waals surface area contributed by atoms with Gasteiger partial charge in [0.2, 0.25) is 5.82 Å². The van der Waals surface area contributed by atoms with Gasteiger partial charge in [-0.3, -0.25) is 0 Å². The summed E-state index contributed by atoms with van der Waals surface area (Å²) >= 11 is 5.38. The number of aliphatic hydroxyl groups excluding tert-OH is 1. The van der Waals surface area contributed by atoms with Crippen LogP contribution in [0.2, 0.25) is 0 Å². The molecule has 0 spiro atoms. The highest BCUT2D eigenvalue weighted by Gasteiger charge is 2.11. The Hall–Kier alpha value is -1.07. The monoisotopic (exact) mass is 251 g/mol. The summed E-state index contributed by atoms with van der Waals surface area (Å²) in [6.07, 6.45) is -0.749. The third-order valence-electron chi connectivity index (χ3n) is 1.93. The van der Waals surface area contributed by atoms with Crippen molar-refractivity contribution in [2.75, 3.05) is 24.9 Å². The molecular formula is C10H12ClF2NO2. The topological polar surface area (TPSA) is 41.5 Å². The van der Waals surface area contributed by atoms with Crippen molar-refractivity contribution >= 4 is 17.3 Å². The molecular weight excluding hydrogens is 240 g/mol. The van der Waals surface area contributed by atoms with Crippen molar-refractivity contribution in [1.82, 2.24) is 0 Å². The molecule has 2 N–H and O–H groups in total. The van der Waals surface area contributed by atoms with Crippen LogP contribution in [0.1, 0.15) is 0 Å². The minimum absolute atomic E-state index is 0.0633. The Balaban J connectivity index is 2.78. The van der Waals surface area contributed by atoms with Crippen LogP contribution in [0.15, 0.2) is 12.1 Å². The van der Waals surface area contributed by atoms with E-state index in [0.717, 1.165) is 6.07 Å². The molecule has 0 aliphatic carbocycles. The van der Waals surface area contributed by atoms with E-state index in [1.165, 1.54) is 13.2 Å². The van der Waals surface area contributed by atoms with Crippen molar-refractivity contribution in [2.24, 2.45) is 0 Å². The van der Waals surface area contributed by atoms with Crippen LogP contribution in [-0.4, -0.2) is 30.7 Å². The third kappa shape index (κ3) is 3.21. The van der Waals surface area contributed by atoms with Crippen molar-refractivity contribution in [1.29, 1.82) is 0 Å². The van der Waals surface area contributed by atoms with Crippen LogP contribution in [0.5, 0.6) is 5.75 Å². The lowest BCUT2D eigenvalue weighted by Gasteiger charge is -2.11. The molecule has 0 radical (unpaired) electrons. The summed E-state index contributed by atoms with van der Waals surface area (Å²) in [5, 5.41) is 11.9. The highest BCUT2D eigenvalue weighted by molar-refractivity contribution is 6.18. The van der Waals surface area contributed by atoms with Gasteiger partial charge in [0.25, 0.3) is 0 Å². The van der Waals surface area contributed by atoms with E-state index in [2.05, 4.69) is 10.1 Å². The Morgan fingerprint density at radius 3 is 2.75 bits per heavy atom. The lowest BCUT2D eigenvalue weighted by Crippen LogP contribution is -2.20. The first kappa shape index (κ1) is 13.0. The second-order valence-electron chi connectivity index (χ2n) is 3.16. The minimum Gasteiger partial charge on any atom is -0.493 e. The molecule has 3 nitrogen and oxygen atoms in total. The van der Waals surface area contributed by atoms with Gasteiger partial charge < -0.3 is 15.2 Å². The van der Waals surface area contributed by atoms with Crippen LogP contribution in [-0.2, 0) is 0 Å². The van der Waals surface area contributed by atoms with Crippen LogP contribution in [0.4, 0.5) is 14.5 Å². The predicted octanol–water partition coefficient (Wildman–Crippen LogP) is 1.98. The van der Waals surface area contributed by atoms with E-state index >= 15 is 0 Å². The maximum Gasteiger partial charge on any atom is 0.200 e. The summed E-state index contributed by atoms with van der Waals surface area (Å²) in [6.45, 7) is 0.151. The van der Waals surface area contributed by atoms with Gasteiger partial charge >= 0.3 is 0 Å². The number of methoxy groups -OCH3 is 1. The van der Waals surface area contributed by atoms with Crippen molar-refractivity contribution < 1.29 is 18.6 Å². The number of hydrogen-bond donors (Lipinski definition) is 2. The van der Waals surface area contributed by atoms with E-state index in [1.807, 2.05) is 0 Å². The van der Waals surface area contributed by atoms with E-state index in [-0.39, 0.29) is 18.2 Å². The molecule has 90 valence electrons. The summed E-state index contributed by atoms with van der Waals surface area (Å²) in [4.78, 5) is 0. The second kappa shape index (κ2) is 5.86. The van der Waals surface area contributed by atoms with Gasteiger partial charge in [0, 0.05) is 24.4 Å². The van der Waals surface area contributed by atoms with Crippen molar-refractivity contribution in [3.63, 3.8) is 0 Å². The van der Waals surface area contributed by atoms with Crippen LogP contribution < -0.4 is 10.1 Å². The fraction of sp³-hybridized carbons (Fsp3) is 0.400. The zero-order chi connectivity index (χ0) is 12.1. The Bertz CT molecular complexity index is 363. The quantitative estimate of drug-likeness (QED) is 0.787. The molecule has 1 rings (SSSR count). The van der Waals surface area contributed by atoms with Gasteiger partial charge in [-0.1, -0.05) is 0 Å². The molecule has 6 heteroatoms. The predicted molar refractivity (Wildman–Crippen MR) is 58.1 cm³/mol. The van der Waals surface area contributed by atoms with E-state index in [4.69, 9.17) is 11.6 Å². The molecule has 16 heavy (non-hydrogen) atoms. The molecule has 0 aliphatic heterocycles. The number of benzene rings is 1. The maximum atomic E-state index is 13.0. The Kier molecular flexibility index (Phi) is 4.76. The maximum absolute atomic E-state index is 13.0. The summed E-state index contributed by atoms with van der Waals surface area (Å²) < 4.78 is 30.8. The Morgan fingerprint density at radius 2 is 2.19 bits per heavy atom. The first-order valence-corrected chi connectivity index (χ1v) is 5.13. The normalized spacial score (nSPS) is 12.3. The molecule has 0 bridgehead atoms. The molecule has 0 amide bonds. The van der Waals surface area contributed by atoms with E-state index in [9.17, 15) is 13.9 Å². The number of alkyl halides is 1. The lowest BCUT2D eigenvalue weighted by molar-refractivity contribution is 0.211. The summed E-state index contributed by atoms with van der Waals surface area (Å²) in [6, 6.07) is 2.29. The van der Waals surface area contributed by atoms with E-state index in [0.29, 0.717) is 5.69 Å². The molecule has 1 unspecified atom stereocenters. The largest absolute Gasteiger partial charge is 0.493 e. The zero-order valence-corrected chi connectivity index (χ0v) is 9.39. The smallest absolute Gasteiger partial charge is 0.200 e. The average Bonchev–Trinajstić information content (AvgIpc) is 2.29. The first-order valence-electron chi connectivity index (χ1n) is 4.59. The lowest BCUT2D eigenvalue weighted by atomic mass is 10.2. The molecule has 0 aromatic heterocycles. The van der Waals surface area contributed by atoms with Gasteiger partial charge in [-0.25, -0.2) is 4.39 Å². The minimum atomic E-state index is -1.04. The van der Waals surface area contributed by atoms with Crippen LogP contribution in [0, 0.1) is 11.6 Å². The second-order valence-corrected chi connectivity index (χ2v) is 3.47. The van der Waals surface area contributed by atoms with E-state index < -0.39 is 17.7 Å². The number of rotatable bonds is 5. The number of nitrogens with one attached hydrogen (secondary N) is 1. The van der Waals surface area contributed by atoms with Gasteiger partial charge in [-0.2, -0.15) is 4.39 Å². The van der Waals surface area contributed by atoms with Crippen molar-refractivity contribution in [3.05, 3.63) is 23.8 Å². The molecule has 1 aromatic carbocycles. The van der Waals surface area contributed by atoms with Crippen LogP contribution in [0.25, 0.3) is 0 Å². The fourth-order valence-corrected chi connectivity index (χ4v) is 1.21. The molecule has 0 aliphatic rings. The standard InChI is InChI=1S/C10H12ClF2NO2/c1-16-9-3-6(2-8(12)10(9)13)14-5-7(15)4-11/h2-3,7,14-15H,4-5H2,1H3. The molecule has 0 saturated carbocycles. The van der Waals surface area contributed by atoms with Gasteiger partial charge in [0.05, 0.1) is 19.1 Å².